The van der Waals surface area contributed by atoms with Crippen molar-refractivity contribution in [3.63, 3.8) is 0 Å². The second kappa shape index (κ2) is 4.97. The standard InChI is InChI=1S/C9H8ClF2N3O3S/c10-9-13-2-6(11)8(14-9)15-3-5(1-7(15)16)4-19(12,17)18/h2,5H,1,3-4H2. The van der Waals surface area contributed by atoms with E-state index in [-0.39, 0.29) is 24.1 Å². The van der Waals surface area contributed by atoms with Gasteiger partial charge in [0.2, 0.25) is 11.2 Å². The Kier molecular flexibility index (Phi) is 3.68. The van der Waals surface area contributed by atoms with Crippen LogP contribution in [0.25, 0.3) is 0 Å². The lowest BCUT2D eigenvalue weighted by Gasteiger charge is -2.15. The van der Waals surface area contributed by atoms with Crippen molar-refractivity contribution in [3.8, 4) is 0 Å². The number of anilines is 1. The minimum atomic E-state index is -4.69. The van der Waals surface area contributed by atoms with Crippen LogP contribution in [-0.4, -0.2) is 36.6 Å². The maximum atomic E-state index is 13.5. The third-order valence-electron chi connectivity index (χ3n) is 2.59. The van der Waals surface area contributed by atoms with Crippen LogP contribution < -0.4 is 4.90 Å². The molecule has 0 N–H and O–H groups in total. The highest BCUT2D eigenvalue weighted by molar-refractivity contribution is 7.86. The summed E-state index contributed by atoms with van der Waals surface area (Å²) in [7, 11) is -4.69. The molecule has 2 rings (SSSR count). The molecule has 1 aliphatic rings. The molecule has 1 saturated heterocycles. The number of amides is 1. The third kappa shape index (κ3) is 3.35. The lowest BCUT2D eigenvalue weighted by molar-refractivity contribution is -0.117. The van der Waals surface area contributed by atoms with E-state index >= 15 is 0 Å². The van der Waals surface area contributed by atoms with Crippen molar-refractivity contribution in [1.82, 2.24) is 9.97 Å². The van der Waals surface area contributed by atoms with Gasteiger partial charge >= 0.3 is 10.2 Å². The molecule has 6 nitrogen and oxygen atoms in total. The smallest absolute Gasteiger partial charge is 0.294 e. The van der Waals surface area contributed by atoms with Crippen LogP contribution in [-0.2, 0) is 15.0 Å². The number of nitrogens with zero attached hydrogens (tertiary/aromatic N) is 3. The molecule has 0 aliphatic carbocycles. The van der Waals surface area contributed by atoms with Crippen LogP contribution in [0.2, 0.25) is 5.28 Å². The largest absolute Gasteiger partial charge is 0.302 e. The van der Waals surface area contributed by atoms with E-state index in [4.69, 9.17) is 11.6 Å². The fraction of sp³-hybridized carbons (Fsp3) is 0.444. The van der Waals surface area contributed by atoms with Gasteiger partial charge in [0.1, 0.15) is 0 Å². The van der Waals surface area contributed by atoms with Crippen molar-refractivity contribution in [1.29, 1.82) is 0 Å². The van der Waals surface area contributed by atoms with Gasteiger partial charge in [0.25, 0.3) is 0 Å². The van der Waals surface area contributed by atoms with Gasteiger partial charge in [-0.2, -0.15) is 13.4 Å². The second-order valence-corrected chi connectivity index (χ2v) is 5.84. The second-order valence-electron chi connectivity index (χ2n) is 4.09. The maximum absolute atomic E-state index is 13.5. The Morgan fingerprint density at radius 1 is 1.53 bits per heavy atom. The third-order valence-corrected chi connectivity index (χ3v) is 3.64. The van der Waals surface area contributed by atoms with Gasteiger partial charge in [-0.15, -0.1) is 3.89 Å². The fourth-order valence-electron chi connectivity index (χ4n) is 1.91. The maximum Gasteiger partial charge on any atom is 0.302 e. The first-order valence-electron chi connectivity index (χ1n) is 5.17. The molecule has 1 aromatic heterocycles. The molecule has 1 aliphatic heterocycles. The summed E-state index contributed by atoms with van der Waals surface area (Å²) in [6.45, 7) is -0.133. The van der Waals surface area contributed by atoms with Gasteiger partial charge in [0.15, 0.2) is 11.6 Å². The zero-order valence-corrected chi connectivity index (χ0v) is 11.0. The summed E-state index contributed by atoms with van der Waals surface area (Å²) in [6, 6.07) is 0. The molecule has 0 aromatic carbocycles. The number of aromatic nitrogens is 2. The minimum Gasteiger partial charge on any atom is -0.294 e. The van der Waals surface area contributed by atoms with Gasteiger partial charge in [-0.3, -0.25) is 9.69 Å². The molecule has 19 heavy (non-hydrogen) atoms. The van der Waals surface area contributed by atoms with Crippen molar-refractivity contribution < 1.29 is 21.5 Å². The van der Waals surface area contributed by atoms with Crippen LogP contribution in [0.3, 0.4) is 0 Å². The summed E-state index contributed by atoms with van der Waals surface area (Å²) in [6.07, 6.45) is 0.612. The van der Waals surface area contributed by atoms with E-state index in [0.717, 1.165) is 11.1 Å². The predicted molar refractivity (Wildman–Crippen MR) is 62.4 cm³/mol. The van der Waals surface area contributed by atoms with Gasteiger partial charge in [0, 0.05) is 18.9 Å². The van der Waals surface area contributed by atoms with Gasteiger partial charge in [-0.05, 0) is 11.6 Å². The first-order valence-corrected chi connectivity index (χ1v) is 7.10. The summed E-state index contributed by atoms with van der Waals surface area (Å²) in [5.74, 6) is -3.25. The predicted octanol–water partition coefficient (Wildman–Crippen LogP) is 0.921. The Morgan fingerprint density at radius 3 is 2.84 bits per heavy atom. The Bertz CT molecular complexity index is 625. The van der Waals surface area contributed by atoms with Crippen LogP contribution in [0.5, 0.6) is 0 Å². The van der Waals surface area contributed by atoms with Crippen LogP contribution in [0.4, 0.5) is 14.1 Å². The summed E-state index contributed by atoms with van der Waals surface area (Å²) in [5, 5.41) is -0.245. The molecule has 1 aromatic rings. The molecule has 0 saturated carbocycles. The van der Waals surface area contributed by atoms with Crippen LogP contribution in [0, 0.1) is 11.7 Å². The van der Waals surface area contributed by atoms with Crippen molar-refractivity contribution in [2.75, 3.05) is 17.2 Å². The molecule has 10 heteroatoms. The first-order chi connectivity index (χ1) is 8.76. The Hall–Kier alpha value is -1.35. The minimum absolute atomic E-state index is 0.133. The van der Waals surface area contributed by atoms with Crippen LogP contribution in [0.15, 0.2) is 6.20 Å². The number of carbonyl (C=O) groups is 1. The molecule has 1 unspecified atom stereocenters. The summed E-state index contributed by atoms with van der Waals surface area (Å²) < 4.78 is 47.1. The van der Waals surface area contributed by atoms with Gasteiger partial charge in [-0.25, -0.2) is 9.37 Å². The van der Waals surface area contributed by atoms with Crippen LogP contribution >= 0.6 is 11.6 Å². The highest BCUT2D eigenvalue weighted by Gasteiger charge is 2.35. The van der Waals surface area contributed by atoms with E-state index in [1.807, 2.05) is 0 Å². The van der Waals surface area contributed by atoms with Gasteiger partial charge in [-0.1, -0.05) is 0 Å². The first kappa shape index (κ1) is 14.1. The average molecular weight is 312 g/mol. The molecule has 1 atom stereocenters. The van der Waals surface area contributed by atoms with Crippen molar-refractivity contribution in [3.05, 3.63) is 17.3 Å². The average Bonchev–Trinajstić information content (AvgIpc) is 2.60. The molecule has 1 amide bonds. The highest BCUT2D eigenvalue weighted by Crippen LogP contribution is 2.27. The molecular formula is C9H8ClF2N3O3S. The molecule has 2 heterocycles. The summed E-state index contributed by atoms with van der Waals surface area (Å²) in [5.41, 5.74) is 0. The van der Waals surface area contributed by atoms with Gasteiger partial charge < -0.3 is 0 Å². The van der Waals surface area contributed by atoms with Crippen LogP contribution in [0.1, 0.15) is 6.42 Å². The summed E-state index contributed by atoms with van der Waals surface area (Å²) >= 11 is 5.50. The van der Waals surface area contributed by atoms with E-state index in [1.165, 1.54) is 0 Å². The van der Waals surface area contributed by atoms with Gasteiger partial charge in [0.05, 0.1) is 11.9 Å². The molecule has 104 valence electrons. The Balaban J connectivity index is 2.23. The monoisotopic (exact) mass is 311 g/mol. The summed E-state index contributed by atoms with van der Waals surface area (Å²) in [4.78, 5) is 19.6. The van der Waals surface area contributed by atoms with E-state index in [9.17, 15) is 21.5 Å². The van der Waals surface area contributed by atoms with E-state index in [1.54, 1.807) is 0 Å². The number of halogens is 3. The molecule has 0 bridgehead atoms. The number of rotatable bonds is 3. The topological polar surface area (TPSA) is 80.2 Å². The molecular weight excluding hydrogens is 304 g/mol. The molecule has 0 spiro atoms. The zero-order chi connectivity index (χ0) is 14.2. The molecule has 0 radical (unpaired) electrons. The number of hydrogen-bond donors (Lipinski definition) is 0. The quantitative estimate of drug-likeness (QED) is 0.612. The molecule has 1 fully saturated rings. The Labute approximate surface area is 112 Å². The van der Waals surface area contributed by atoms with E-state index < -0.39 is 33.6 Å². The fourth-order valence-corrected chi connectivity index (χ4v) is 2.82. The number of carbonyl (C=O) groups excluding carboxylic acids is 1. The SMILES string of the molecule is O=C1CC(CS(=O)(=O)F)CN1c1nc(Cl)ncc1F. The zero-order valence-electron chi connectivity index (χ0n) is 9.38. The van der Waals surface area contributed by atoms with Crippen molar-refractivity contribution >= 4 is 33.5 Å². The van der Waals surface area contributed by atoms with Crippen molar-refractivity contribution in [2.24, 2.45) is 5.92 Å². The highest BCUT2D eigenvalue weighted by atomic mass is 35.5. The lowest BCUT2D eigenvalue weighted by atomic mass is 10.1. The Morgan fingerprint density at radius 2 is 2.21 bits per heavy atom. The van der Waals surface area contributed by atoms with Crippen molar-refractivity contribution in [2.45, 2.75) is 6.42 Å². The van der Waals surface area contributed by atoms with E-state index in [0.29, 0.717) is 0 Å². The normalized spacial score (nSPS) is 20.1. The number of hydrogen-bond acceptors (Lipinski definition) is 5. The van der Waals surface area contributed by atoms with E-state index in [2.05, 4.69) is 9.97 Å². The lowest BCUT2D eigenvalue weighted by Crippen LogP contribution is -2.27.